The number of hydrogen-bond acceptors (Lipinski definition) is 4. The second kappa shape index (κ2) is 8.87. The molecular formula is C12H18Cl2O4S2. The van der Waals surface area contributed by atoms with Crippen LogP contribution in [-0.4, -0.2) is 22.6 Å². The van der Waals surface area contributed by atoms with Crippen LogP contribution in [0.3, 0.4) is 0 Å². The third kappa shape index (κ3) is 10.5. The third-order valence-electron chi connectivity index (χ3n) is 2.29. The standard InChI is InChI=1S/C7H7ClO2S.C5H11ClO2S/c1-6-2-4-7(5-3-6)11(8,9)10;1-2-3-4-5-9(6,7)8/h2-5H,1H3;2-5H2,1H3. The zero-order chi connectivity index (χ0) is 15.8. The van der Waals surface area contributed by atoms with Crippen LogP contribution in [0.2, 0.25) is 0 Å². The molecule has 0 spiro atoms. The number of halogens is 2. The third-order valence-corrected chi connectivity index (χ3v) is 4.90. The Morgan fingerprint density at radius 2 is 1.45 bits per heavy atom. The van der Waals surface area contributed by atoms with Gasteiger partial charge in [0.05, 0.1) is 10.6 Å². The average molecular weight is 361 g/mol. The van der Waals surface area contributed by atoms with Crippen molar-refractivity contribution in [2.75, 3.05) is 5.75 Å². The van der Waals surface area contributed by atoms with Crippen LogP contribution in [-0.2, 0) is 18.1 Å². The van der Waals surface area contributed by atoms with Crippen LogP contribution in [0.15, 0.2) is 29.2 Å². The molecule has 0 saturated carbocycles. The molecule has 0 aliphatic rings. The van der Waals surface area contributed by atoms with Gasteiger partial charge in [-0.1, -0.05) is 37.5 Å². The van der Waals surface area contributed by atoms with Gasteiger partial charge < -0.3 is 0 Å². The summed E-state index contributed by atoms with van der Waals surface area (Å²) < 4.78 is 42.0. The lowest BCUT2D eigenvalue weighted by Crippen LogP contribution is -1.95. The summed E-state index contributed by atoms with van der Waals surface area (Å²) in [5, 5.41) is 0. The van der Waals surface area contributed by atoms with E-state index in [2.05, 4.69) is 0 Å². The molecule has 0 aromatic heterocycles. The normalized spacial score (nSPS) is 11.6. The molecule has 0 aliphatic carbocycles. The predicted octanol–water partition coefficient (Wildman–Crippen LogP) is 3.67. The molecule has 0 aliphatic heterocycles. The quantitative estimate of drug-likeness (QED) is 0.593. The van der Waals surface area contributed by atoms with Crippen molar-refractivity contribution in [2.24, 2.45) is 0 Å². The van der Waals surface area contributed by atoms with E-state index in [9.17, 15) is 16.8 Å². The van der Waals surface area contributed by atoms with E-state index in [0.29, 0.717) is 6.42 Å². The molecule has 0 bridgehead atoms. The fourth-order valence-electron chi connectivity index (χ4n) is 1.23. The summed E-state index contributed by atoms with van der Waals surface area (Å²) in [5.74, 6) is 0.113. The maximum absolute atomic E-state index is 10.7. The number of aryl methyl sites for hydroxylation is 1. The second-order valence-corrected chi connectivity index (χ2v) is 9.66. The molecule has 0 amide bonds. The summed E-state index contributed by atoms with van der Waals surface area (Å²) in [4.78, 5) is 0.143. The molecule has 20 heavy (non-hydrogen) atoms. The summed E-state index contributed by atoms with van der Waals surface area (Å²) in [5.41, 5.74) is 1.01. The first-order valence-electron chi connectivity index (χ1n) is 6.00. The fourth-order valence-corrected chi connectivity index (χ4v) is 2.87. The molecule has 4 nitrogen and oxygen atoms in total. The van der Waals surface area contributed by atoms with E-state index in [1.54, 1.807) is 12.1 Å². The van der Waals surface area contributed by atoms with Crippen molar-refractivity contribution in [1.82, 2.24) is 0 Å². The average Bonchev–Trinajstić information content (AvgIpc) is 2.28. The molecule has 1 aromatic carbocycles. The van der Waals surface area contributed by atoms with Gasteiger partial charge in [-0.05, 0) is 25.5 Å². The molecule has 1 aromatic rings. The van der Waals surface area contributed by atoms with Gasteiger partial charge in [0.15, 0.2) is 0 Å². The van der Waals surface area contributed by atoms with Crippen molar-refractivity contribution < 1.29 is 16.8 Å². The molecule has 0 unspecified atom stereocenters. The fraction of sp³-hybridized carbons (Fsp3) is 0.500. The van der Waals surface area contributed by atoms with Gasteiger partial charge in [0.1, 0.15) is 0 Å². The molecule has 1 rings (SSSR count). The highest BCUT2D eigenvalue weighted by molar-refractivity contribution is 8.14. The van der Waals surface area contributed by atoms with Gasteiger partial charge in [0, 0.05) is 21.4 Å². The van der Waals surface area contributed by atoms with Gasteiger partial charge >= 0.3 is 0 Å². The zero-order valence-electron chi connectivity index (χ0n) is 11.3. The minimum absolute atomic E-state index is 0.113. The van der Waals surface area contributed by atoms with Crippen LogP contribution in [0.1, 0.15) is 31.7 Å². The van der Waals surface area contributed by atoms with Gasteiger partial charge in [-0.15, -0.1) is 0 Å². The summed E-state index contributed by atoms with van der Waals surface area (Å²) in [7, 11) is 3.25. The van der Waals surface area contributed by atoms with E-state index in [4.69, 9.17) is 21.4 Å². The predicted molar refractivity (Wildman–Crippen MR) is 83.4 cm³/mol. The van der Waals surface area contributed by atoms with E-state index < -0.39 is 18.1 Å². The monoisotopic (exact) mass is 360 g/mol. The Hall–Kier alpha value is -0.300. The van der Waals surface area contributed by atoms with Gasteiger partial charge in [0.2, 0.25) is 9.05 Å². The van der Waals surface area contributed by atoms with Crippen molar-refractivity contribution in [3.8, 4) is 0 Å². The van der Waals surface area contributed by atoms with Crippen LogP contribution in [0.4, 0.5) is 0 Å². The lowest BCUT2D eigenvalue weighted by atomic mass is 10.2. The van der Waals surface area contributed by atoms with Crippen molar-refractivity contribution in [3.63, 3.8) is 0 Å². The van der Waals surface area contributed by atoms with E-state index in [1.165, 1.54) is 12.1 Å². The number of unbranched alkanes of at least 4 members (excludes halogenated alkanes) is 2. The topological polar surface area (TPSA) is 68.3 Å². The Kier molecular flexibility index (Phi) is 8.74. The SMILES string of the molecule is CCCCCS(=O)(=O)Cl.Cc1ccc(S(=O)(=O)Cl)cc1. The van der Waals surface area contributed by atoms with E-state index in [0.717, 1.165) is 18.4 Å². The van der Waals surface area contributed by atoms with E-state index in [-0.39, 0.29) is 10.6 Å². The Morgan fingerprint density at radius 3 is 1.80 bits per heavy atom. The molecule has 0 atom stereocenters. The van der Waals surface area contributed by atoms with Crippen molar-refractivity contribution in [1.29, 1.82) is 0 Å². The zero-order valence-corrected chi connectivity index (χ0v) is 14.5. The highest BCUT2D eigenvalue weighted by Gasteiger charge is 2.07. The molecule has 0 heterocycles. The van der Waals surface area contributed by atoms with Gasteiger partial charge in [-0.3, -0.25) is 0 Å². The largest absolute Gasteiger partial charge is 0.261 e. The minimum atomic E-state index is -3.55. The molecule has 0 saturated heterocycles. The van der Waals surface area contributed by atoms with Crippen LogP contribution in [0.5, 0.6) is 0 Å². The maximum atomic E-state index is 10.7. The van der Waals surface area contributed by atoms with Gasteiger partial charge in [-0.25, -0.2) is 16.8 Å². The smallest absolute Gasteiger partial charge is 0.212 e. The number of benzene rings is 1. The first-order chi connectivity index (χ1) is 9.06. The molecule has 0 fully saturated rings. The van der Waals surface area contributed by atoms with Crippen molar-refractivity contribution >= 4 is 39.5 Å². The Balaban J connectivity index is 0.000000370. The lowest BCUT2D eigenvalue weighted by Gasteiger charge is -1.94. The number of rotatable bonds is 5. The summed E-state index contributed by atoms with van der Waals surface area (Å²) in [6.07, 6.45) is 2.64. The minimum Gasteiger partial charge on any atom is -0.212 e. The van der Waals surface area contributed by atoms with Crippen molar-refractivity contribution in [3.05, 3.63) is 29.8 Å². The van der Waals surface area contributed by atoms with Gasteiger partial charge in [-0.2, -0.15) is 0 Å². The second-order valence-electron chi connectivity index (χ2n) is 4.20. The van der Waals surface area contributed by atoms with Crippen LogP contribution in [0, 0.1) is 6.92 Å². The van der Waals surface area contributed by atoms with E-state index >= 15 is 0 Å². The lowest BCUT2D eigenvalue weighted by molar-refractivity contribution is 0.604. The Morgan fingerprint density at radius 1 is 0.950 bits per heavy atom. The molecule has 8 heteroatoms. The highest BCUT2D eigenvalue weighted by atomic mass is 35.7. The van der Waals surface area contributed by atoms with Crippen LogP contribution < -0.4 is 0 Å². The molecule has 0 N–H and O–H groups in total. The Bertz CT molecular complexity index is 593. The summed E-state index contributed by atoms with van der Waals surface area (Å²) >= 11 is 0. The summed E-state index contributed by atoms with van der Waals surface area (Å²) in [6, 6.07) is 6.37. The summed E-state index contributed by atoms with van der Waals surface area (Å²) in [6.45, 7) is 3.89. The Labute approximate surface area is 129 Å². The van der Waals surface area contributed by atoms with Crippen molar-refractivity contribution in [2.45, 2.75) is 38.0 Å². The maximum Gasteiger partial charge on any atom is 0.261 e. The number of hydrogen-bond donors (Lipinski definition) is 0. The van der Waals surface area contributed by atoms with E-state index in [1.807, 2.05) is 13.8 Å². The first kappa shape index (κ1) is 19.7. The molecule has 116 valence electrons. The first-order valence-corrected chi connectivity index (χ1v) is 10.8. The molecule has 0 radical (unpaired) electrons. The highest BCUT2D eigenvalue weighted by Crippen LogP contribution is 2.14. The van der Waals surface area contributed by atoms with Crippen LogP contribution in [0.25, 0.3) is 0 Å². The molecular weight excluding hydrogens is 343 g/mol. The van der Waals surface area contributed by atoms with Gasteiger partial charge in [0.25, 0.3) is 9.05 Å². The van der Waals surface area contributed by atoms with Crippen LogP contribution >= 0.6 is 21.4 Å².